The van der Waals surface area contributed by atoms with Gasteiger partial charge < -0.3 is 9.84 Å². The van der Waals surface area contributed by atoms with Gasteiger partial charge in [-0.25, -0.2) is 4.79 Å². The fraction of sp³-hybridized carbons (Fsp3) is 0.0714. The van der Waals surface area contributed by atoms with E-state index in [2.05, 4.69) is 0 Å². The maximum atomic E-state index is 11.7. The number of carbonyl (C=O) groups is 1. The molecule has 2 aromatic carbocycles. The quantitative estimate of drug-likeness (QED) is 0.680. The van der Waals surface area contributed by atoms with Crippen molar-refractivity contribution in [1.82, 2.24) is 0 Å². The zero-order valence-electron chi connectivity index (χ0n) is 9.42. The Morgan fingerprint density at radius 1 is 1.06 bits per heavy atom. The Hall–Kier alpha value is -2.00. The molecule has 1 unspecified atom stereocenters. The largest absolute Gasteiger partial charge is 0.508 e. The average molecular weight is 263 g/mol. The highest BCUT2D eigenvalue weighted by atomic mass is 35.5. The van der Waals surface area contributed by atoms with Gasteiger partial charge in [-0.2, -0.15) is 0 Å². The van der Waals surface area contributed by atoms with Crippen molar-refractivity contribution in [1.29, 1.82) is 0 Å². The highest BCUT2D eigenvalue weighted by molar-refractivity contribution is 6.20. The summed E-state index contributed by atoms with van der Waals surface area (Å²) in [6.07, 6.45) is 0. The molecule has 0 amide bonds. The van der Waals surface area contributed by atoms with Gasteiger partial charge in [0.15, 0.2) is 0 Å². The Morgan fingerprint density at radius 2 is 1.67 bits per heavy atom. The highest BCUT2D eigenvalue weighted by Gasteiger charge is 2.14. The van der Waals surface area contributed by atoms with Crippen LogP contribution in [0.5, 0.6) is 5.75 Å². The minimum absolute atomic E-state index is 0.136. The van der Waals surface area contributed by atoms with Crippen LogP contribution in [0.25, 0.3) is 0 Å². The summed E-state index contributed by atoms with van der Waals surface area (Å²) >= 11 is 5.98. The van der Waals surface area contributed by atoms with Crippen molar-refractivity contribution in [3.8, 4) is 5.75 Å². The smallest absolute Gasteiger partial charge is 0.339 e. The molecule has 0 fully saturated rings. The molecule has 3 nitrogen and oxygen atoms in total. The maximum absolute atomic E-state index is 11.7. The van der Waals surface area contributed by atoms with E-state index < -0.39 is 11.5 Å². The minimum atomic E-state index is -0.877. The number of hydrogen-bond donors (Lipinski definition) is 1. The zero-order valence-corrected chi connectivity index (χ0v) is 10.2. The number of hydrogen-bond acceptors (Lipinski definition) is 3. The number of ether oxygens (including phenoxy) is 1. The van der Waals surface area contributed by atoms with Crippen molar-refractivity contribution in [2.24, 2.45) is 0 Å². The van der Waals surface area contributed by atoms with Gasteiger partial charge in [-0.15, -0.1) is 0 Å². The fourth-order valence-electron chi connectivity index (χ4n) is 1.43. The van der Waals surface area contributed by atoms with Crippen LogP contribution in [0, 0.1) is 0 Å². The predicted octanol–water partition coefficient (Wildman–Crippen LogP) is 3.49. The van der Waals surface area contributed by atoms with Crippen molar-refractivity contribution in [2.45, 2.75) is 5.56 Å². The van der Waals surface area contributed by atoms with Gasteiger partial charge >= 0.3 is 5.97 Å². The second kappa shape index (κ2) is 5.56. The molecule has 0 bridgehead atoms. The molecule has 4 heteroatoms. The number of halogens is 1. The third-order valence-corrected chi connectivity index (χ3v) is 2.72. The van der Waals surface area contributed by atoms with Crippen LogP contribution in [0.4, 0.5) is 0 Å². The van der Waals surface area contributed by atoms with E-state index in [9.17, 15) is 4.79 Å². The van der Waals surface area contributed by atoms with Gasteiger partial charge in [0, 0.05) is 5.56 Å². The van der Waals surface area contributed by atoms with Crippen molar-refractivity contribution in [3.05, 3.63) is 65.7 Å². The number of aromatic hydroxyl groups is 1. The first-order chi connectivity index (χ1) is 8.66. The summed E-state index contributed by atoms with van der Waals surface area (Å²) in [7, 11) is 0. The standard InChI is InChI=1S/C14H11ClO3/c15-13(10-6-8-12(16)9-7-10)18-14(17)11-4-2-1-3-5-11/h1-9,13,16H. The van der Waals surface area contributed by atoms with E-state index in [1.54, 1.807) is 36.4 Å². The summed E-state index contributed by atoms with van der Waals surface area (Å²) < 4.78 is 5.11. The summed E-state index contributed by atoms with van der Waals surface area (Å²) in [6.45, 7) is 0. The van der Waals surface area contributed by atoms with Crippen LogP contribution in [0.3, 0.4) is 0 Å². The molecular weight excluding hydrogens is 252 g/mol. The Labute approximate surface area is 110 Å². The second-order valence-electron chi connectivity index (χ2n) is 3.68. The first-order valence-corrected chi connectivity index (χ1v) is 5.79. The van der Waals surface area contributed by atoms with E-state index in [4.69, 9.17) is 21.4 Å². The van der Waals surface area contributed by atoms with E-state index in [0.717, 1.165) is 0 Å². The van der Waals surface area contributed by atoms with Gasteiger partial charge in [-0.3, -0.25) is 0 Å². The van der Waals surface area contributed by atoms with Crippen LogP contribution in [0.1, 0.15) is 21.5 Å². The van der Waals surface area contributed by atoms with E-state index in [-0.39, 0.29) is 5.75 Å². The summed E-state index contributed by atoms with van der Waals surface area (Å²) in [6, 6.07) is 14.8. The normalized spacial score (nSPS) is 11.8. The average Bonchev–Trinajstić information content (AvgIpc) is 2.40. The molecule has 1 atom stereocenters. The first kappa shape index (κ1) is 12.5. The summed E-state index contributed by atoms with van der Waals surface area (Å²) in [4.78, 5) is 11.7. The van der Waals surface area contributed by atoms with Gasteiger partial charge in [-0.1, -0.05) is 41.9 Å². The van der Waals surface area contributed by atoms with E-state index >= 15 is 0 Å². The van der Waals surface area contributed by atoms with Crippen LogP contribution in [0.15, 0.2) is 54.6 Å². The lowest BCUT2D eigenvalue weighted by Gasteiger charge is -2.11. The molecule has 0 aromatic heterocycles. The molecule has 0 heterocycles. The number of rotatable bonds is 3. The Balaban J connectivity index is 2.06. The second-order valence-corrected chi connectivity index (χ2v) is 4.08. The maximum Gasteiger partial charge on any atom is 0.339 e. The summed E-state index contributed by atoms with van der Waals surface area (Å²) in [5, 5.41) is 9.15. The predicted molar refractivity (Wildman–Crippen MR) is 68.6 cm³/mol. The third-order valence-electron chi connectivity index (χ3n) is 2.38. The SMILES string of the molecule is O=C(OC(Cl)c1ccc(O)cc1)c1ccccc1. The molecule has 2 rings (SSSR count). The Bertz CT molecular complexity index is 522. The van der Waals surface area contributed by atoms with Gasteiger partial charge in [0.25, 0.3) is 0 Å². The summed E-state index contributed by atoms with van der Waals surface area (Å²) in [5.41, 5.74) is 0.180. The van der Waals surface area contributed by atoms with Crippen LogP contribution < -0.4 is 0 Å². The molecular formula is C14H11ClO3. The van der Waals surface area contributed by atoms with Crippen molar-refractivity contribution >= 4 is 17.6 Å². The molecule has 0 aliphatic rings. The molecule has 0 radical (unpaired) electrons. The molecule has 92 valence electrons. The minimum Gasteiger partial charge on any atom is -0.508 e. The lowest BCUT2D eigenvalue weighted by Crippen LogP contribution is -2.07. The van der Waals surface area contributed by atoms with Crippen LogP contribution in [-0.4, -0.2) is 11.1 Å². The Morgan fingerprint density at radius 3 is 2.28 bits per heavy atom. The molecule has 2 aromatic rings. The zero-order chi connectivity index (χ0) is 13.0. The molecule has 0 spiro atoms. The lowest BCUT2D eigenvalue weighted by atomic mass is 10.2. The van der Waals surface area contributed by atoms with Crippen LogP contribution in [-0.2, 0) is 4.74 Å². The Kier molecular flexibility index (Phi) is 3.85. The van der Waals surface area contributed by atoms with E-state index in [1.165, 1.54) is 12.1 Å². The van der Waals surface area contributed by atoms with E-state index in [0.29, 0.717) is 11.1 Å². The van der Waals surface area contributed by atoms with Crippen LogP contribution >= 0.6 is 11.6 Å². The molecule has 1 N–H and O–H groups in total. The van der Waals surface area contributed by atoms with Crippen LogP contribution in [0.2, 0.25) is 0 Å². The highest BCUT2D eigenvalue weighted by Crippen LogP contribution is 2.24. The lowest BCUT2D eigenvalue weighted by molar-refractivity contribution is 0.0446. The topological polar surface area (TPSA) is 46.5 Å². The number of alkyl halides is 1. The van der Waals surface area contributed by atoms with Gasteiger partial charge in [0.05, 0.1) is 5.56 Å². The first-order valence-electron chi connectivity index (χ1n) is 5.36. The van der Waals surface area contributed by atoms with Crippen molar-refractivity contribution < 1.29 is 14.6 Å². The molecule has 0 aliphatic carbocycles. The fourth-order valence-corrected chi connectivity index (χ4v) is 1.66. The number of phenols is 1. The van der Waals surface area contributed by atoms with E-state index in [1.807, 2.05) is 6.07 Å². The summed E-state index contributed by atoms with van der Waals surface area (Å²) in [5.74, 6) is -0.347. The molecule has 18 heavy (non-hydrogen) atoms. The number of phenolic OH excluding ortho intramolecular Hbond substituents is 1. The molecule has 0 saturated heterocycles. The van der Waals surface area contributed by atoms with Gasteiger partial charge in [0.1, 0.15) is 5.75 Å². The van der Waals surface area contributed by atoms with Gasteiger partial charge in [-0.05, 0) is 24.3 Å². The number of benzene rings is 2. The number of esters is 1. The van der Waals surface area contributed by atoms with Gasteiger partial charge in [0.2, 0.25) is 5.56 Å². The molecule has 0 aliphatic heterocycles. The monoisotopic (exact) mass is 262 g/mol. The molecule has 0 saturated carbocycles. The van der Waals surface area contributed by atoms with Crippen molar-refractivity contribution in [3.63, 3.8) is 0 Å². The van der Waals surface area contributed by atoms with Crippen molar-refractivity contribution in [2.75, 3.05) is 0 Å². The third kappa shape index (κ3) is 3.02. The number of carbonyl (C=O) groups excluding carboxylic acids is 1.